The molecular weight excluding hydrogens is 430 g/mol. The van der Waals surface area contributed by atoms with Crippen molar-refractivity contribution in [2.45, 2.75) is 12.5 Å². The molecule has 1 aliphatic heterocycles. The fourth-order valence-corrected chi connectivity index (χ4v) is 4.29. The molecule has 1 unspecified atom stereocenters. The molecule has 2 aromatic heterocycles. The Labute approximate surface area is 197 Å². The Balaban J connectivity index is 1.43. The maximum absolute atomic E-state index is 13.7. The summed E-state index contributed by atoms with van der Waals surface area (Å²) in [5, 5.41) is 8.42. The number of pyridine rings is 1. The fourth-order valence-electron chi connectivity index (χ4n) is 4.29. The largest absolute Gasteiger partial charge is 0.496 e. The van der Waals surface area contributed by atoms with Crippen molar-refractivity contribution in [1.82, 2.24) is 24.9 Å². The van der Waals surface area contributed by atoms with E-state index in [1.54, 1.807) is 25.7 Å². The first-order chi connectivity index (χ1) is 16.7. The van der Waals surface area contributed by atoms with Gasteiger partial charge < -0.3 is 14.4 Å². The molecule has 0 aliphatic carbocycles. The monoisotopic (exact) mass is 455 g/mol. The van der Waals surface area contributed by atoms with Gasteiger partial charge in [-0.1, -0.05) is 24.3 Å². The molecule has 3 heterocycles. The maximum atomic E-state index is 13.7. The normalized spacial score (nSPS) is 15.8. The summed E-state index contributed by atoms with van der Waals surface area (Å²) < 4.78 is 11.3. The predicted octanol–water partition coefficient (Wildman–Crippen LogP) is 3.42. The Morgan fingerprint density at radius 3 is 2.68 bits per heavy atom. The van der Waals surface area contributed by atoms with Gasteiger partial charge in [-0.2, -0.15) is 15.0 Å². The molecule has 0 bridgehead atoms. The average Bonchev–Trinajstić information content (AvgIpc) is 3.44. The van der Waals surface area contributed by atoms with Gasteiger partial charge >= 0.3 is 0 Å². The van der Waals surface area contributed by atoms with E-state index in [0.29, 0.717) is 37.4 Å². The first-order valence-electron chi connectivity index (χ1n) is 11.2. The lowest BCUT2D eigenvalue weighted by atomic mass is 9.99. The third kappa shape index (κ3) is 4.40. The molecule has 34 heavy (non-hydrogen) atoms. The first kappa shape index (κ1) is 21.8. The van der Waals surface area contributed by atoms with Crippen LogP contribution in [0.1, 0.15) is 15.9 Å². The van der Waals surface area contributed by atoms with E-state index in [1.165, 1.54) is 4.80 Å². The zero-order valence-corrected chi connectivity index (χ0v) is 18.9. The molecule has 8 heteroatoms. The van der Waals surface area contributed by atoms with Gasteiger partial charge in [0.1, 0.15) is 5.75 Å². The summed E-state index contributed by atoms with van der Waals surface area (Å²) >= 11 is 0. The molecule has 0 saturated carbocycles. The SMILES string of the molecule is COc1ccc(CC2COCCN2C(=O)c2ccccc2-n2nccn2)cc1-c1ccccn1. The zero-order chi connectivity index (χ0) is 23.3. The molecule has 1 atom stereocenters. The second-order valence-electron chi connectivity index (χ2n) is 8.02. The van der Waals surface area contributed by atoms with Crippen molar-refractivity contribution >= 4 is 5.91 Å². The smallest absolute Gasteiger partial charge is 0.256 e. The van der Waals surface area contributed by atoms with Crippen LogP contribution in [0.25, 0.3) is 16.9 Å². The third-order valence-electron chi connectivity index (χ3n) is 5.93. The highest BCUT2D eigenvalue weighted by Gasteiger charge is 2.30. The van der Waals surface area contributed by atoms with Gasteiger partial charge in [0.15, 0.2) is 0 Å². The molecule has 1 fully saturated rings. The Morgan fingerprint density at radius 1 is 1.06 bits per heavy atom. The van der Waals surface area contributed by atoms with Gasteiger partial charge in [-0.3, -0.25) is 9.78 Å². The number of rotatable bonds is 6. The molecular formula is C26H25N5O3. The summed E-state index contributed by atoms with van der Waals surface area (Å²) in [5.74, 6) is 0.704. The third-order valence-corrected chi connectivity index (χ3v) is 5.93. The second-order valence-corrected chi connectivity index (χ2v) is 8.02. The predicted molar refractivity (Wildman–Crippen MR) is 127 cm³/mol. The highest BCUT2D eigenvalue weighted by atomic mass is 16.5. The quantitative estimate of drug-likeness (QED) is 0.443. The number of aromatic nitrogens is 4. The molecule has 8 nitrogen and oxygen atoms in total. The number of carbonyl (C=O) groups excluding carboxylic acids is 1. The van der Waals surface area contributed by atoms with Crippen LogP contribution in [0.5, 0.6) is 5.75 Å². The van der Waals surface area contributed by atoms with E-state index >= 15 is 0 Å². The van der Waals surface area contributed by atoms with Gasteiger partial charge in [-0.25, -0.2) is 0 Å². The van der Waals surface area contributed by atoms with Crippen molar-refractivity contribution in [2.75, 3.05) is 26.9 Å². The summed E-state index contributed by atoms with van der Waals surface area (Å²) in [7, 11) is 1.66. The molecule has 0 spiro atoms. The number of morpholine rings is 1. The first-order valence-corrected chi connectivity index (χ1v) is 11.2. The van der Waals surface area contributed by atoms with Crippen molar-refractivity contribution in [3.05, 3.63) is 90.4 Å². The number of para-hydroxylation sites is 1. The average molecular weight is 456 g/mol. The number of methoxy groups -OCH3 is 1. The summed E-state index contributed by atoms with van der Waals surface area (Å²) in [6.07, 6.45) is 5.61. The minimum absolute atomic E-state index is 0.0559. The van der Waals surface area contributed by atoms with E-state index in [0.717, 1.165) is 22.6 Å². The minimum Gasteiger partial charge on any atom is -0.496 e. The number of hydrogen-bond donors (Lipinski definition) is 0. The van der Waals surface area contributed by atoms with Crippen LogP contribution in [0.3, 0.4) is 0 Å². The van der Waals surface area contributed by atoms with Crippen molar-refractivity contribution in [1.29, 1.82) is 0 Å². The van der Waals surface area contributed by atoms with Gasteiger partial charge in [-0.15, -0.1) is 0 Å². The van der Waals surface area contributed by atoms with E-state index in [1.807, 2.05) is 59.5 Å². The van der Waals surface area contributed by atoms with E-state index < -0.39 is 0 Å². The number of hydrogen-bond acceptors (Lipinski definition) is 6. The Hall–Kier alpha value is -4.04. The van der Waals surface area contributed by atoms with Crippen LogP contribution in [-0.4, -0.2) is 63.7 Å². The molecule has 2 aromatic carbocycles. The fraction of sp³-hybridized carbons (Fsp3) is 0.231. The van der Waals surface area contributed by atoms with Gasteiger partial charge in [0, 0.05) is 18.3 Å². The van der Waals surface area contributed by atoms with Crippen LogP contribution < -0.4 is 4.74 Å². The van der Waals surface area contributed by atoms with Crippen molar-refractivity contribution < 1.29 is 14.3 Å². The standard InChI is InChI=1S/C26H25N5O3/c1-33-25-10-9-19(17-22(25)23-7-4-5-11-27-23)16-20-18-34-15-14-30(20)26(32)21-6-2-3-8-24(21)31-28-12-13-29-31/h2-13,17,20H,14-16,18H2,1H3. The summed E-state index contributed by atoms with van der Waals surface area (Å²) in [4.78, 5) is 21.5. The summed E-state index contributed by atoms with van der Waals surface area (Å²) in [6.45, 7) is 1.50. The number of benzene rings is 2. The second kappa shape index (κ2) is 9.84. The van der Waals surface area contributed by atoms with E-state index in [-0.39, 0.29) is 11.9 Å². The van der Waals surface area contributed by atoms with E-state index in [9.17, 15) is 4.79 Å². The van der Waals surface area contributed by atoms with Gasteiger partial charge in [0.2, 0.25) is 0 Å². The van der Waals surface area contributed by atoms with Crippen molar-refractivity contribution in [3.63, 3.8) is 0 Å². The van der Waals surface area contributed by atoms with Crippen LogP contribution in [-0.2, 0) is 11.2 Å². The van der Waals surface area contributed by atoms with Crippen LogP contribution in [0, 0.1) is 0 Å². The van der Waals surface area contributed by atoms with Crippen molar-refractivity contribution in [2.24, 2.45) is 0 Å². The van der Waals surface area contributed by atoms with Gasteiger partial charge in [0.25, 0.3) is 5.91 Å². The molecule has 0 radical (unpaired) electrons. The summed E-state index contributed by atoms with van der Waals surface area (Å²) in [6, 6.07) is 19.2. The molecule has 1 aliphatic rings. The molecule has 172 valence electrons. The number of ether oxygens (including phenoxy) is 2. The maximum Gasteiger partial charge on any atom is 0.256 e. The lowest BCUT2D eigenvalue weighted by molar-refractivity contribution is -0.00165. The highest BCUT2D eigenvalue weighted by Crippen LogP contribution is 2.30. The molecule has 1 amide bonds. The van der Waals surface area contributed by atoms with Crippen LogP contribution in [0.15, 0.2) is 79.3 Å². The molecule has 1 saturated heterocycles. The number of amides is 1. The molecule has 4 aromatic rings. The van der Waals surface area contributed by atoms with E-state index in [2.05, 4.69) is 21.2 Å². The lowest BCUT2D eigenvalue weighted by Gasteiger charge is -2.36. The van der Waals surface area contributed by atoms with Crippen LogP contribution in [0.4, 0.5) is 0 Å². The number of nitrogens with zero attached hydrogens (tertiary/aromatic N) is 5. The van der Waals surface area contributed by atoms with E-state index in [4.69, 9.17) is 9.47 Å². The van der Waals surface area contributed by atoms with Crippen LogP contribution in [0.2, 0.25) is 0 Å². The Morgan fingerprint density at radius 2 is 1.88 bits per heavy atom. The van der Waals surface area contributed by atoms with Crippen LogP contribution >= 0.6 is 0 Å². The topological polar surface area (TPSA) is 82.4 Å². The van der Waals surface area contributed by atoms with Gasteiger partial charge in [-0.05, 0) is 48.4 Å². The molecule has 5 rings (SSSR count). The minimum atomic E-state index is -0.107. The van der Waals surface area contributed by atoms with Gasteiger partial charge in [0.05, 0.1) is 55.7 Å². The zero-order valence-electron chi connectivity index (χ0n) is 18.9. The summed E-state index contributed by atoms with van der Waals surface area (Å²) in [5.41, 5.74) is 4.07. The Kier molecular flexibility index (Phi) is 6.31. The molecule has 0 N–H and O–H groups in total. The highest BCUT2D eigenvalue weighted by molar-refractivity contribution is 5.98. The van der Waals surface area contributed by atoms with Crippen molar-refractivity contribution in [3.8, 4) is 22.7 Å². The number of carbonyl (C=O) groups is 1. The lowest BCUT2D eigenvalue weighted by Crippen LogP contribution is -2.50. The Bertz CT molecular complexity index is 1260.